The van der Waals surface area contributed by atoms with Crippen molar-refractivity contribution in [1.29, 1.82) is 0 Å². The molecule has 1 N–H and O–H groups in total. The van der Waals surface area contributed by atoms with Crippen LogP contribution >= 0.6 is 0 Å². The van der Waals surface area contributed by atoms with Crippen molar-refractivity contribution in [1.82, 2.24) is 9.47 Å². The second-order valence-electron chi connectivity index (χ2n) is 6.65. The molecule has 6 heteroatoms. The number of hydrogen-bond acceptors (Lipinski definition) is 4. The minimum Gasteiger partial charge on any atom is -0.455 e. The normalized spacial score (nSPS) is 11.3. The van der Waals surface area contributed by atoms with Crippen molar-refractivity contribution < 1.29 is 9.21 Å². The summed E-state index contributed by atoms with van der Waals surface area (Å²) < 4.78 is 7.31. The van der Waals surface area contributed by atoms with Gasteiger partial charge in [-0.25, -0.2) is 0 Å². The molecule has 6 nitrogen and oxygen atoms in total. The standard InChI is InChI=1S/C21H25N3O3/c1-5-24(6-2)13-17-8-10-19(27-17)20(25)22-16-7-9-18-15(12-16)11-14(3)21(26)23(18)4/h7-12H,5-6,13H2,1-4H3,(H,22,25). The van der Waals surface area contributed by atoms with Gasteiger partial charge in [0.2, 0.25) is 0 Å². The van der Waals surface area contributed by atoms with E-state index in [0.29, 0.717) is 17.8 Å². The third-order valence-electron chi connectivity index (χ3n) is 4.82. The molecule has 0 bridgehead atoms. The Morgan fingerprint density at radius 1 is 1.15 bits per heavy atom. The van der Waals surface area contributed by atoms with E-state index in [1.54, 1.807) is 30.7 Å². The zero-order valence-electron chi connectivity index (χ0n) is 16.2. The minimum atomic E-state index is -0.290. The van der Waals surface area contributed by atoms with E-state index in [-0.39, 0.29) is 17.2 Å². The Labute approximate surface area is 158 Å². The molecular weight excluding hydrogens is 342 g/mol. The molecule has 2 heterocycles. The third-order valence-corrected chi connectivity index (χ3v) is 4.82. The summed E-state index contributed by atoms with van der Waals surface area (Å²) in [6.07, 6.45) is 0. The van der Waals surface area contributed by atoms with E-state index in [1.165, 1.54) is 0 Å². The second-order valence-corrected chi connectivity index (χ2v) is 6.65. The Morgan fingerprint density at radius 3 is 2.59 bits per heavy atom. The first-order valence-electron chi connectivity index (χ1n) is 9.15. The molecule has 2 aromatic heterocycles. The quantitative estimate of drug-likeness (QED) is 0.724. The van der Waals surface area contributed by atoms with Crippen molar-refractivity contribution in [2.24, 2.45) is 7.05 Å². The van der Waals surface area contributed by atoms with Crippen LogP contribution in [0.15, 0.2) is 45.6 Å². The fourth-order valence-corrected chi connectivity index (χ4v) is 3.17. The number of hydrogen-bond donors (Lipinski definition) is 1. The number of carbonyl (C=O) groups excluding carboxylic acids is 1. The fourth-order valence-electron chi connectivity index (χ4n) is 3.17. The van der Waals surface area contributed by atoms with Crippen molar-refractivity contribution in [3.63, 3.8) is 0 Å². The number of fused-ring (bicyclic) bond motifs is 1. The smallest absolute Gasteiger partial charge is 0.291 e. The number of rotatable bonds is 6. The van der Waals surface area contributed by atoms with Crippen LogP contribution in [0.5, 0.6) is 0 Å². The Bertz CT molecular complexity index is 1030. The third kappa shape index (κ3) is 3.95. The van der Waals surface area contributed by atoms with Gasteiger partial charge in [0.05, 0.1) is 12.1 Å². The SMILES string of the molecule is CCN(CC)Cc1ccc(C(=O)Nc2ccc3c(c2)cc(C)c(=O)n3C)o1. The van der Waals surface area contributed by atoms with Gasteiger partial charge in [-0.1, -0.05) is 13.8 Å². The number of carbonyl (C=O) groups is 1. The fraction of sp³-hybridized carbons (Fsp3) is 0.333. The van der Waals surface area contributed by atoms with Gasteiger partial charge in [-0.3, -0.25) is 14.5 Å². The molecule has 0 aliphatic heterocycles. The van der Waals surface area contributed by atoms with Crippen LogP contribution in [0.25, 0.3) is 10.9 Å². The van der Waals surface area contributed by atoms with E-state index in [0.717, 1.165) is 29.8 Å². The summed E-state index contributed by atoms with van der Waals surface area (Å²) >= 11 is 0. The first kappa shape index (κ1) is 18.9. The van der Waals surface area contributed by atoms with E-state index in [4.69, 9.17) is 4.42 Å². The first-order valence-corrected chi connectivity index (χ1v) is 9.15. The van der Waals surface area contributed by atoms with Crippen molar-refractivity contribution in [2.75, 3.05) is 18.4 Å². The lowest BCUT2D eigenvalue weighted by atomic mass is 10.1. The molecular formula is C21H25N3O3. The predicted molar refractivity (Wildman–Crippen MR) is 107 cm³/mol. The molecule has 1 aromatic carbocycles. The Kier molecular flexibility index (Phi) is 5.46. The van der Waals surface area contributed by atoms with Gasteiger partial charge in [0.25, 0.3) is 11.5 Å². The highest BCUT2D eigenvalue weighted by Crippen LogP contribution is 2.20. The Balaban J connectivity index is 1.79. The summed E-state index contributed by atoms with van der Waals surface area (Å²) in [7, 11) is 1.75. The summed E-state index contributed by atoms with van der Waals surface area (Å²) in [6, 6.07) is 10.9. The molecule has 27 heavy (non-hydrogen) atoms. The number of furan rings is 1. The molecule has 0 saturated carbocycles. The number of aromatic nitrogens is 1. The van der Waals surface area contributed by atoms with Crippen molar-refractivity contribution >= 4 is 22.5 Å². The van der Waals surface area contributed by atoms with Gasteiger partial charge in [-0.2, -0.15) is 0 Å². The van der Waals surface area contributed by atoms with E-state index < -0.39 is 0 Å². The first-order chi connectivity index (χ1) is 12.9. The molecule has 142 valence electrons. The summed E-state index contributed by atoms with van der Waals surface area (Å²) in [4.78, 5) is 26.8. The lowest BCUT2D eigenvalue weighted by molar-refractivity contribution is 0.0993. The zero-order valence-corrected chi connectivity index (χ0v) is 16.2. The molecule has 0 radical (unpaired) electrons. The monoisotopic (exact) mass is 367 g/mol. The number of benzene rings is 1. The van der Waals surface area contributed by atoms with Crippen molar-refractivity contribution in [2.45, 2.75) is 27.3 Å². The van der Waals surface area contributed by atoms with Crippen LogP contribution in [0.4, 0.5) is 5.69 Å². The number of amides is 1. The largest absolute Gasteiger partial charge is 0.455 e. The summed E-state index contributed by atoms with van der Waals surface area (Å²) in [5.74, 6) is 0.767. The van der Waals surface area contributed by atoms with Gasteiger partial charge in [-0.15, -0.1) is 0 Å². The van der Waals surface area contributed by atoms with Crippen LogP contribution in [-0.2, 0) is 13.6 Å². The van der Waals surface area contributed by atoms with Crippen LogP contribution in [-0.4, -0.2) is 28.5 Å². The van der Waals surface area contributed by atoms with Gasteiger partial charge >= 0.3 is 0 Å². The maximum Gasteiger partial charge on any atom is 0.291 e. The number of aryl methyl sites for hydroxylation is 2. The number of nitrogens with zero attached hydrogens (tertiary/aromatic N) is 2. The summed E-state index contributed by atoms with van der Waals surface area (Å²) in [6.45, 7) is 8.51. The van der Waals surface area contributed by atoms with Gasteiger partial charge < -0.3 is 14.3 Å². The predicted octanol–water partition coefficient (Wildman–Crippen LogP) is 3.53. The molecule has 3 rings (SSSR count). The molecule has 0 atom stereocenters. The molecule has 3 aromatic rings. The zero-order chi connectivity index (χ0) is 19.6. The topological polar surface area (TPSA) is 67.5 Å². The second kappa shape index (κ2) is 7.80. The lowest BCUT2D eigenvalue weighted by Crippen LogP contribution is -2.21. The van der Waals surface area contributed by atoms with E-state index in [1.807, 2.05) is 24.3 Å². The molecule has 0 aliphatic rings. The molecule has 1 amide bonds. The highest BCUT2D eigenvalue weighted by Gasteiger charge is 2.13. The van der Waals surface area contributed by atoms with Crippen molar-refractivity contribution in [3.8, 4) is 0 Å². The van der Waals surface area contributed by atoms with Gasteiger partial charge in [-0.05, 0) is 56.4 Å². The van der Waals surface area contributed by atoms with Crippen LogP contribution in [0.2, 0.25) is 0 Å². The van der Waals surface area contributed by atoms with Crippen molar-refractivity contribution in [3.05, 3.63) is 63.8 Å². The number of nitrogens with one attached hydrogen (secondary N) is 1. The van der Waals surface area contributed by atoms with Crippen LogP contribution in [0.3, 0.4) is 0 Å². The van der Waals surface area contributed by atoms with Crippen LogP contribution in [0.1, 0.15) is 35.7 Å². The van der Waals surface area contributed by atoms with Gasteiger partial charge in [0, 0.05) is 23.7 Å². The van der Waals surface area contributed by atoms with E-state index in [9.17, 15) is 9.59 Å². The molecule has 0 unspecified atom stereocenters. The minimum absolute atomic E-state index is 0.0180. The molecule has 0 aliphatic carbocycles. The summed E-state index contributed by atoms with van der Waals surface area (Å²) in [5.41, 5.74) is 2.13. The Hall–Kier alpha value is -2.86. The van der Waals surface area contributed by atoms with Crippen LogP contribution in [0, 0.1) is 6.92 Å². The number of anilines is 1. The average molecular weight is 367 g/mol. The highest BCUT2D eigenvalue weighted by molar-refractivity contribution is 6.03. The lowest BCUT2D eigenvalue weighted by Gasteiger charge is -2.15. The van der Waals surface area contributed by atoms with E-state index in [2.05, 4.69) is 24.1 Å². The van der Waals surface area contributed by atoms with Crippen LogP contribution < -0.4 is 10.9 Å². The molecule has 0 spiro atoms. The average Bonchev–Trinajstić information content (AvgIpc) is 3.13. The Morgan fingerprint density at radius 2 is 1.89 bits per heavy atom. The molecule has 0 saturated heterocycles. The van der Waals surface area contributed by atoms with Gasteiger partial charge in [0.15, 0.2) is 5.76 Å². The summed E-state index contributed by atoms with van der Waals surface area (Å²) in [5, 5.41) is 3.76. The molecule has 0 fully saturated rings. The van der Waals surface area contributed by atoms with E-state index >= 15 is 0 Å². The maximum absolute atomic E-state index is 12.5. The maximum atomic E-state index is 12.5. The number of pyridine rings is 1. The van der Waals surface area contributed by atoms with Gasteiger partial charge in [0.1, 0.15) is 5.76 Å². The highest BCUT2D eigenvalue weighted by atomic mass is 16.4.